The van der Waals surface area contributed by atoms with E-state index >= 15 is 0 Å². The van der Waals surface area contributed by atoms with Crippen LogP contribution in [-0.4, -0.2) is 12.6 Å². The lowest BCUT2D eigenvalue weighted by Gasteiger charge is -2.11. The van der Waals surface area contributed by atoms with Crippen LogP contribution in [0.5, 0.6) is 0 Å². The van der Waals surface area contributed by atoms with E-state index in [0.717, 1.165) is 17.7 Å². The third kappa shape index (κ3) is 3.78. The smallest absolute Gasteiger partial charge is 0.417 e. The Morgan fingerprint density at radius 1 is 1.35 bits per heavy atom. The van der Waals surface area contributed by atoms with Gasteiger partial charge in [0.25, 0.3) is 0 Å². The molecule has 0 aliphatic rings. The molecule has 0 unspecified atom stereocenters. The molecule has 0 aliphatic carbocycles. The van der Waals surface area contributed by atoms with Gasteiger partial charge < -0.3 is 4.74 Å². The highest BCUT2D eigenvalue weighted by atomic mass is 35.5. The average molecular weight is 265 g/mol. The number of hydrogen-bond acceptors (Lipinski definition) is 2. The lowest BCUT2D eigenvalue weighted by atomic mass is 10.1. The number of esters is 1. The number of ether oxygens (including phenoxy) is 1. The van der Waals surface area contributed by atoms with Gasteiger partial charge in [0.1, 0.15) is 6.61 Å². The van der Waals surface area contributed by atoms with Crippen molar-refractivity contribution in [3.8, 4) is 0 Å². The summed E-state index contributed by atoms with van der Waals surface area (Å²) in [6.45, 7) is -0.172. The van der Waals surface area contributed by atoms with Crippen molar-refractivity contribution in [1.29, 1.82) is 0 Å². The van der Waals surface area contributed by atoms with Crippen LogP contribution in [0.1, 0.15) is 15.9 Å². The second kappa shape index (κ2) is 5.72. The fourth-order valence-corrected chi connectivity index (χ4v) is 1.22. The summed E-state index contributed by atoms with van der Waals surface area (Å²) in [7, 11) is 0. The summed E-state index contributed by atoms with van der Waals surface area (Å²) in [4.78, 5) is 11.4. The zero-order chi connectivity index (χ0) is 12.9. The van der Waals surface area contributed by atoms with Gasteiger partial charge in [-0.15, -0.1) is 0 Å². The van der Waals surface area contributed by atoms with Gasteiger partial charge >= 0.3 is 12.1 Å². The first-order valence-corrected chi connectivity index (χ1v) is 4.99. The SMILES string of the molecule is O=C(OC/C=C/Cl)c1ccccc1C(F)(F)F. The number of carbonyl (C=O) groups excluding carboxylic acids is 1. The molecule has 0 N–H and O–H groups in total. The monoisotopic (exact) mass is 264 g/mol. The Morgan fingerprint density at radius 2 is 2.00 bits per heavy atom. The number of benzene rings is 1. The van der Waals surface area contributed by atoms with E-state index in [9.17, 15) is 18.0 Å². The maximum atomic E-state index is 12.6. The van der Waals surface area contributed by atoms with Crippen molar-refractivity contribution in [2.45, 2.75) is 6.18 Å². The third-order valence-electron chi connectivity index (χ3n) is 1.85. The van der Waals surface area contributed by atoms with Crippen molar-refractivity contribution in [1.82, 2.24) is 0 Å². The van der Waals surface area contributed by atoms with Gasteiger partial charge in [0.15, 0.2) is 0 Å². The Labute approximate surface area is 101 Å². The molecule has 0 saturated carbocycles. The first-order chi connectivity index (χ1) is 7.96. The third-order valence-corrected chi connectivity index (χ3v) is 2.03. The summed E-state index contributed by atoms with van der Waals surface area (Å²) in [5.41, 5.74) is -0.411. The average Bonchev–Trinajstić information content (AvgIpc) is 2.28. The van der Waals surface area contributed by atoms with Crippen LogP contribution in [0.25, 0.3) is 0 Å². The van der Waals surface area contributed by atoms with Gasteiger partial charge in [-0.2, -0.15) is 13.2 Å². The normalized spacial score (nSPS) is 11.8. The molecule has 0 fully saturated rings. The number of carbonyl (C=O) groups is 1. The van der Waals surface area contributed by atoms with E-state index < -0.39 is 23.3 Å². The van der Waals surface area contributed by atoms with Gasteiger partial charge in [-0.25, -0.2) is 4.79 Å². The molecule has 0 radical (unpaired) electrons. The standard InChI is InChI=1S/C11H8ClF3O2/c12-6-3-7-17-10(16)8-4-1-2-5-9(8)11(13,14)15/h1-6H,7H2/b6-3+. The number of halogens is 4. The summed E-state index contributed by atoms with van der Waals surface area (Å²) < 4.78 is 42.3. The largest absolute Gasteiger partial charge is 0.458 e. The molecule has 0 heterocycles. The molecule has 1 aromatic rings. The first-order valence-electron chi connectivity index (χ1n) is 4.55. The topological polar surface area (TPSA) is 26.3 Å². The predicted octanol–water partition coefficient (Wildman–Crippen LogP) is 3.61. The van der Waals surface area contributed by atoms with Crippen molar-refractivity contribution in [3.63, 3.8) is 0 Å². The van der Waals surface area contributed by atoms with E-state index in [4.69, 9.17) is 11.6 Å². The molecule has 0 aromatic heterocycles. The van der Waals surface area contributed by atoms with Gasteiger partial charge in [0.2, 0.25) is 0 Å². The second-order valence-electron chi connectivity index (χ2n) is 3.00. The highest BCUT2D eigenvalue weighted by Crippen LogP contribution is 2.32. The summed E-state index contributed by atoms with van der Waals surface area (Å²) in [5, 5.41) is 0. The van der Waals surface area contributed by atoms with E-state index in [-0.39, 0.29) is 6.61 Å². The predicted molar refractivity (Wildman–Crippen MR) is 56.7 cm³/mol. The minimum Gasteiger partial charge on any atom is -0.458 e. The molecule has 1 rings (SSSR count). The van der Waals surface area contributed by atoms with Gasteiger partial charge in [-0.1, -0.05) is 23.7 Å². The van der Waals surface area contributed by atoms with E-state index in [2.05, 4.69) is 4.74 Å². The molecule has 0 atom stereocenters. The molecule has 0 saturated heterocycles. The molecule has 6 heteroatoms. The molecule has 0 amide bonds. The maximum Gasteiger partial charge on any atom is 0.417 e. The van der Waals surface area contributed by atoms with Crippen LogP contribution in [0, 0.1) is 0 Å². The Balaban J connectivity index is 2.94. The molecular weight excluding hydrogens is 257 g/mol. The van der Waals surface area contributed by atoms with Crippen molar-refractivity contribution < 1.29 is 22.7 Å². The van der Waals surface area contributed by atoms with E-state index in [1.165, 1.54) is 18.2 Å². The molecule has 0 bridgehead atoms. The van der Waals surface area contributed by atoms with Crippen LogP contribution in [0.2, 0.25) is 0 Å². The first kappa shape index (κ1) is 13.6. The van der Waals surface area contributed by atoms with Crippen LogP contribution >= 0.6 is 11.6 Å². The van der Waals surface area contributed by atoms with Gasteiger partial charge in [-0.05, 0) is 18.2 Å². The number of rotatable bonds is 3. The van der Waals surface area contributed by atoms with Crippen molar-refractivity contribution in [3.05, 3.63) is 47.0 Å². The van der Waals surface area contributed by atoms with Crippen molar-refractivity contribution >= 4 is 17.6 Å². The van der Waals surface area contributed by atoms with Gasteiger partial charge in [0.05, 0.1) is 11.1 Å². The molecule has 17 heavy (non-hydrogen) atoms. The van der Waals surface area contributed by atoms with Crippen LogP contribution in [0.3, 0.4) is 0 Å². The van der Waals surface area contributed by atoms with Crippen molar-refractivity contribution in [2.24, 2.45) is 0 Å². The summed E-state index contributed by atoms with van der Waals surface area (Å²) in [6.07, 6.45) is -3.28. The minimum absolute atomic E-state index is 0.172. The van der Waals surface area contributed by atoms with Crippen LogP contribution in [-0.2, 0) is 10.9 Å². The Morgan fingerprint density at radius 3 is 2.59 bits per heavy atom. The maximum absolute atomic E-state index is 12.6. The molecular formula is C11H8ClF3O2. The highest BCUT2D eigenvalue weighted by Gasteiger charge is 2.35. The second-order valence-corrected chi connectivity index (χ2v) is 3.26. The molecule has 1 aromatic carbocycles. The van der Waals surface area contributed by atoms with E-state index in [0.29, 0.717) is 0 Å². The van der Waals surface area contributed by atoms with Crippen molar-refractivity contribution in [2.75, 3.05) is 6.61 Å². The molecule has 0 aliphatic heterocycles. The lowest BCUT2D eigenvalue weighted by molar-refractivity contribution is -0.138. The Hall–Kier alpha value is -1.49. The summed E-state index contributed by atoms with van der Waals surface area (Å²) >= 11 is 5.18. The van der Waals surface area contributed by atoms with Crippen LogP contribution < -0.4 is 0 Å². The van der Waals surface area contributed by atoms with E-state index in [1.807, 2.05) is 0 Å². The molecule has 92 valence electrons. The van der Waals surface area contributed by atoms with Gasteiger partial charge in [-0.3, -0.25) is 0 Å². The highest BCUT2D eigenvalue weighted by molar-refractivity contribution is 6.25. The van der Waals surface area contributed by atoms with E-state index in [1.54, 1.807) is 0 Å². The fraction of sp³-hybridized carbons (Fsp3) is 0.182. The molecule has 2 nitrogen and oxygen atoms in total. The molecule has 0 spiro atoms. The van der Waals surface area contributed by atoms with Crippen LogP contribution in [0.15, 0.2) is 35.9 Å². The lowest BCUT2D eigenvalue weighted by Crippen LogP contribution is -2.15. The minimum atomic E-state index is -4.59. The Kier molecular flexibility index (Phi) is 4.57. The summed E-state index contributed by atoms with van der Waals surface area (Å²) in [5.74, 6) is -1.03. The number of hydrogen-bond donors (Lipinski definition) is 0. The zero-order valence-electron chi connectivity index (χ0n) is 8.50. The number of alkyl halides is 3. The summed E-state index contributed by atoms with van der Waals surface area (Å²) in [6, 6.07) is 4.44. The van der Waals surface area contributed by atoms with Crippen LogP contribution in [0.4, 0.5) is 13.2 Å². The quantitative estimate of drug-likeness (QED) is 0.780. The van der Waals surface area contributed by atoms with Gasteiger partial charge in [0, 0.05) is 5.54 Å². The fourth-order valence-electron chi connectivity index (χ4n) is 1.15. The zero-order valence-corrected chi connectivity index (χ0v) is 9.26. The Bertz CT molecular complexity index is 427.